The molecule has 1 saturated heterocycles. The molecule has 0 unspecified atom stereocenters. The van der Waals surface area contributed by atoms with E-state index in [1.165, 1.54) is 0 Å². The first-order chi connectivity index (χ1) is 3.79. The molecule has 0 bridgehead atoms. The van der Waals surface area contributed by atoms with Crippen molar-refractivity contribution in [2.24, 2.45) is 23.4 Å². The molecule has 46 valence electrons. The summed E-state index contributed by atoms with van der Waals surface area (Å²) < 4.78 is 0. The van der Waals surface area contributed by atoms with Gasteiger partial charge in [-0.1, -0.05) is 0 Å². The summed E-state index contributed by atoms with van der Waals surface area (Å²) in [7, 11) is 0. The van der Waals surface area contributed by atoms with E-state index in [9.17, 15) is 0 Å². The van der Waals surface area contributed by atoms with Crippen LogP contribution in [0.5, 0.6) is 0 Å². The summed E-state index contributed by atoms with van der Waals surface area (Å²) in [6, 6.07) is 0.481. The SMILES string of the molecule is N[C@@H]1[C@H]2CN(N)C[C@@H]12. The molecule has 0 aromatic carbocycles. The van der Waals surface area contributed by atoms with Crippen molar-refractivity contribution < 1.29 is 0 Å². The van der Waals surface area contributed by atoms with Crippen LogP contribution in [0.3, 0.4) is 0 Å². The van der Waals surface area contributed by atoms with Gasteiger partial charge in [0.25, 0.3) is 0 Å². The lowest BCUT2D eigenvalue weighted by atomic mass is 10.4. The number of nitrogens with zero attached hydrogens (tertiary/aromatic N) is 1. The van der Waals surface area contributed by atoms with Gasteiger partial charge in [0.2, 0.25) is 0 Å². The van der Waals surface area contributed by atoms with Crippen LogP contribution in [-0.2, 0) is 0 Å². The molecule has 3 heteroatoms. The van der Waals surface area contributed by atoms with E-state index < -0.39 is 0 Å². The average Bonchev–Trinajstić information content (AvgIpc) is 2.29. The minimum Gasteiger partial charge on any atom is -0.327 e. The third kappa shape index (κ3) is 0.438. The first-order valence-corrected chi connectivity index (χ1v) is 3.04. The molecule has 0 aromatic heterocycles. The Morgan fingerprint density at radius 2 is 1.75 bits per heavy atom. The van der Waals surface area contributed by atoms with Gasteiger partial charge in [0, 0.05) is 19.1 Å². The second-order valence-electron chi connectivity index (χ2n) is 2.86. The predicted molar refractivity (Wildman–Crippen MR) is 30.7 cm³/mol. The maximum Gasteiger partial charge on any atom is 0.0175 e. The van der Waals surface area contributed by atoms with Crippen LogP contribution in [0.4, 0.5) is 0 Å². The highest BCUT2D eigenvalue weighted by Crippen LogP contribution is 2.42. The van der Waals surface area contributed by atoms with Gasteiger partial charge in [0.1, 0.15) is 0 Å². The number of rotatable bonds is 0. The number of hydrazine groups is 1. The van der Waals surface area contributed by atoms with E-state index in [1.807, 2.05) is 5.01 Å². The van der Waals surface area contributed by atoms with E-state index in [0.717, 1.165) is 24.9 Å². The summed E-state index contributed by atoms with van der Waals surface area (Å²) in [6.07, 6.45) is 0. The molecular formula is C5H11N3. The zero-order valence-corrected chi connectivity index (χ0v) is 4.75. The van der Waals surface area contributed by atoms with E-state index in [-0.39, 0.29) is 0 Å². The normalized spacial score (nSPS) is 54.0. The molecule has 0 spiro atoms. The number of fused-ring (bicyclic) bond motifs is 1. The second kappa shape index (κ2) is 1.23. The Morgan fingerprint density at radius 3 is 2.12 bits per heavy atom. The van der Waals surface area contributed by atoms with Crippen LogP contribution < -0.4 is 11.6 Å². The van der Waals surface area contributed by atoms with Gasteiger partial charge < -0.3 is 5.73 Å². The van der Waals surface area contributed by atoms with Crippen molar-refractivity contribution in [1.82, 2.24) is 5.01 Å². The standard InChI is InChI=1S/C5H11N3/c6-5-3-1-8(7)2-4(3)5/h3-5H,1-2,6-7H2/t3-,4+,5+. The van der Waals surface area contributed by atoms with Gasteiger partial charge in [-0.05, 0) is 11.8 Å². The number of hydrogen-bond donors (Lipinski definition) is 2. The lowest BCUT2D eigenvalue weighted by Gasteiger charge is -2.09. The van der Waals surface area contributed by atoms with Crippen molar-refractivity contribution in [3.8, 4) is 0 Å². The van der Waals surface area contributed by atoms with Crippen molar-refractivity contribution in [1.29, 1.82) is 0 Å². The predicted octanol–water partition coefficient (Wildman–Crippen LogP) is -1.25. The molecule has 0 aromatic rings. The Kier molecular flexibility index (Phi) is 0.730. The zero-order valence-electron chi connectivity index (χ0n) is 4.75. The van der Waals surface area contributed by atoms with Gasteiger partial charge in [-0.2, -0.15) is 0 Å². The average molecular weight is 113 g/mol. The quantitative estimate of drug-likeness (QED) is 0.386. The van der Waals surface area contributed by atoms with Crippen LogP contribution in [0.2, 0.25) is 0 Å². The van der Waals surface area contributed by atoms with Crippen molar-refractivity contribution in [2.75, 3.05) is 13.1 Å². The summed E-state index contributed by atoms with van der Waals surface area (Å²) >= 11 is 0. The van der Waals surface area contributed by atoms with Crippen LogP contribution in [0, 0.1) is 11.8 Å². The van der Waals surface area contributed by atoms with Crippen LogP contribution in [0.1, 0.15) is 0 Å². The summed E-state index contributed by atoms with van der Waals surface area (Å²) in [4.78, 5) is 0. The van der Waals surface area contributed by atoms with Crippen molar-refractivity contribution in [3.63, 3.8) is 0 Å². The molecule has 1 heterocycles. The van der Waals surface area contributed by atoms with E-state index in [0.29, 0.717) is 6.04 Å². The maximum atomic E-state index is 5.65. The lowest BCUT2D eigenvalue weighted by molar-refractivity contribution is 0.309. The summed E-state index contributed by atoms with van der Waals surface area (Å²) in [5, 5.41) is 1.86. The Hall–Kier alpha value is -0.120. The first kappa shape index (κ1) is 4.73. The molecule has 8 heavy (non-hydrogen) atoms. The molecule has 2 aliphatic rings. The summed E-state index contributed by atoms with van der Waals surface area (Å²) in [5.41, 5.74) is 5.65. The Morgan fingerprint density at radius 1 is 1.25 bits per heavy atom. The second-order valence-corrected chi connectivity index (χ2v) is 2.86. The molecular weight excluding hydrogens is 102 g/mol. The van der Waals surface area contributed by atoms with Gasteiger partial charge >= 0.3 is 0 Å². The summed E-state index contributed by atoms with van der Waals surface area (Å²) in [6.45, 7) is 2.04. The lowest BCUT2D eigenvalue weighted by Crippen LogP contribution is -2.33. The van der Waals surface area contributed by atoms with Crippen molar-refractivity contribution in [3.05, 3.63) is 0 Å². The Labute approximate surface area is 48.6 Å². The van der Waals surface area contributed by atoms with Gasteiger partial charge in [0.15, 0.2) is 0 Å². The zero-order chi connectivity index (χ0) is 5.72. The molecule has 1 aliphatic carbocycles. The van der Waals surface area contributed by atoms with Crippen LogP contribution in [0.15, 0.2) is 0 Å². The highest BCUT2D eigenvalue weighted by Gasteiger charge is 2.52. The molecule has 3 nitrogen and oxygen atoms in total. The first-order valence-electron chi connectivity index (χ1n) is 3.04. The van der Waals surface area contributed by atoms with Gasteiger partial charge in [-0.25, -0.2) is 5.01 Å². The molecule has 2 fully saturated rings. The molecule has 0 amide bonds. The monoisotopic (exact) mass is 113 g/mol. The fourth-order valence-electron chi connectivity index (χ4n) is 1.60. The van der Waals surface area contributed by atoms with Gasteiger partial charge in [-0.3, -0.25) is 5.84 Å². The third-order valence-electron chi connectivity index (χ3n) is 2.29. The van der Waals surface area contributed by atoms with E-state index >= 15 is 0 Å². The highest BCUT2D eigenvalue weighted by atomic mass is 15.4. The fourth-order valence-corrected chi connectivity index (χ4v) is 1.60. The molecule has 4 N–H and O–H groups in total. The molecule has 2 rings (SSSR count). The fraction of sp³-hybridized carbons (Fsp3) is 1.00. The Bertz CT molecular complexity index is 102. The van der Waals surface area contributed by atoms with E-state index in [4.69, 9.17) is 11.6 Å². The van der Waals surface area contributed by atoms with E-state index in [1.54, 1.807) is 0 Å². The largest absolute Gasteiger partial charge is 0.327 e. The van der Waals surface area contributed by atoms with E-state index in [2.05, 4.69) is 0 Å². The number of nitrogens with two attached hydrogens (primary N) is 2. The topological polar surface area (TPSA) is 55.3 Å². The molecule has 1 saturated carbocycles. The van der Waals surface area contributed by atoms with Crippen molar-refractivity contribution in [2.45, 2.75) is 6.04 Å². The van der Waals surface area contributed by atoms with Gasteiger partial charge in [-0.15, -0.1) is 0 Å². The summed E-state index contributed by atoms with van der Waals surface area (Å²) in [5.74, 6) is 6.97. The molecule has 3 atom stereocenters. The smallest absolute Gasteiger partial charge is 0.0175 e. The van der Waals surface area contributed by atoms with Gasteiger partial charge in [0.05, 0.1) is 0 Å². The van der Waals surface area contributed by atoms with Crippen LogP contribution in [-0.4, -0.2) is 24.1 Å². The highest BCUT2D eigenvalue weighted by molar-refractivity contribution is 5.07. The van der Waals surface area contributed by atoms with Crippen LogP contribution in [0.25, 0.3) is 0 Å². The minimum absolute atomic E-state index is 0.481. The third-order valence-corrected chi connectivity index (χ3v) is 2.29. The van der Waals surface area contributed by atoms with Crippen molar-refractivity contribution >= 4 is 0 Å². The number of hydrogen-bond acceptors (Lipinski definition) is 3. The Balaban J connectivity index is 2.00. The molecule has 1 aliphatic heterocycles. The maximum absolute atomic E-state index is 5.65. The minimum atomic E-state index is 0.481. The number of piperidine rings is 1. The molecule has 0 radical (unpaired) electrons. The van der Waals surface area contributed by atoms with Crippen LogP contribution >= 0.6 is 0 Å².